The number of methoxy groups -OCH3 is 2. The highest BCUT2D eigenvalue weighted by molar-refractivity contribution is 6.30. The van der Waals surface area contributed by atoms with E-state index in [1.54, 1.807) is 14.2 Å². The monoisotopic (exact) mass is 389 g/mol. The fraction of sp³-hybridized carbons (Fsp3) is 0.478. The van der Waals surface area contributed by atoms with E-state index >= 15 is 0 Å². The number of hydrogen-bond donors (Lipinski definition) is 1. The molecule has 1 aliphatic carbocycles. The van der Waals surface area contributed by atoms with Gasteiger partial charge in [0.1, 0.15) is 11.5 Å². The van der Waals surface area contributed by atoms with E-state index in [-0.39, 0.29) is 0 Å². The zero-order valence-corrected chi connectivity index (χ0v) is 18.2. The number of benzene rings is 2. The number of nitrogens with one attached hydrogen (secondary N) is 1. The standard InChI is InChI=1S/C21H26ClNO2.C2H6/c1-13-7-15(10-16(22)8-13)12-23-17-5-6-18-19(11-17)20(24-3)9-14(2)21(18)25-4;1-2/h7-10,17,23H,5-6,11-12H2,1-4H3;1-2H3. The molecule has 1 aliphatic rings. The molecule has 3 nitrogen and oxygen atoms in total. The first-order valence-corrected chi connectivity index (χ1v) is 10.1. The molecule has 1 N–H and O–H groups in total. The summed E-state index contributed by atoms with van der Waals surface area (Å²) < 4.78 is 11.3. The Bertz CT molecular complexity index is 753. The van der Waals surface area contributed by atoms with Crippen LogP contribution in [0.15, 0.2) is 24.3 Å². The summed E-state index contributed by atoms with van der Waals surface area (Å²) in [6, 6.07) is 8.71. The van der Waals surface area contributed by atoms with Crippen LogP contribution in [0.25, 0.3) is 0 Å². The zero-order chi connectivity index (χ0) is 20.0. The summed E-state index contributed by atoms with van der Waals surface area (Å²) in [4.78, 5) is 0. The summed E-state index contributed by atoms with van der Waals surface area (Å²) in [5.74, 6) is 1.98. The second-order valence-corrected chi connectivity index (χ2v) is 7.28. The molecule has 0 bridgehead atoms. The van der Waals surface area contributed by atoms with Gasteiger partial charge in [-0.3, -0.25) is 0 Å². The second kappa shape index (κ2) is 10.0. The van der Waals surface area contributed by atoms with E-state index in [0.717, 1.165) is 47.9 Å². The van der Waals surface area contributed by atoms with E-state index in [9.17, 15) is 0 Å². The number of aryl methyl sites for hydroxylation is 2. The van der Waals surface area contributed by atoms with E-state index in [1.807, 2.05) is 26.0 Å². The molecule has 0 saturated carbocycles. The van der Waals surface area contributed by atoms with Crippen molar-refractivity contribution >= 4 is 11.6 Å². The van der Waals surface area contributed by atoms with Gasteiger partial charge in [-0.1, -0.05) is 31.5 Å². The van der Waals surface area contributed by atoms with E-state index in [1.165, 1.54) is 22.3 Å². The first-order chi connectivity index (χ1) is 13.0. The Kier molecular flexibility index (Phi) is 8.00. The average molecular weight is 390 g/mol. The SMILES string of the molecule is CC.COc1cc(C)c(OC)c2c1CC(NCc1cc(C)cc(Cl)c1)CC2. The lowest BCUT2D eigenvalue weighted by atomic mass is 9.85. The molecule has 0 heterocycles. The Morgan fingerprint density at radius 3 is 2.41 bits per heavy atom. The topological polar surface area (TPSA) is 30.5 Å². The van der Waals surface area contributed by atoms with Gasteiger partial charge in [0, 0.05) is 28.7 Å². The summed E-state index contributed by atoms with van der Waals surface area (Å²) in [7, 11) is 3.49. The highest BCUT2D eigenvalue weighted by Gasteiger charge is 2.25. The van der Waals surface area contributed by atoms with Gasteiger partial charge >= 0.3 is 0 Å². The van der Waals surface area contributed by atoms with Gasteiger partial charge in [0.2, 0.25) is 0 Å². The predicted molar refractivity (Wildman–Crippen MR) is 114 cm³/mol. The molecule has 0 aromatic heterocycles. The van der Waals surface area contributed by atoms with Crippen molar-refractivity contribution in [2.45, 2.75) is 59.5 Å². The molecule has 3 rings (SSSR count). The quantitative estimate of drug-likeness (QED) is 0.716. The molecule has 2 aromatic rings. The highest BCUT2D eigenvalue weighted by atomic mass is 35.5. The van der Waals surface area contributed by atoms with E-state index in [2.05, 4.69) is 31.3 Å². The first kappa shape index (κ1) is 21.6. The van der Waals surface area contributed by atoms with Crippen molar-refractivity contribution in [2.24, 2.45) is 0 Å². The van der Waals surface area contributed by atoms with Crippen LogP contribution in [0, 0.1) is 13.8 Å². The van der Waals surface area contributed by atoms with Gasteiger partial charge in [0.15, 0.2) is 0 Å². The predicted octanol–water partition coefficient (Wildman–Crippen LogP) is 5.65. The van der Waals surface area contributed by atoms with Crippen LogP contribution in [0.4, 0.5) is 0 Å². The molecule has 0 radical (unpaired) electrons. The largest absolute Gasteiger partial charge is 0.496 e. The van der Waals surface area contributed by atoms with Gasteiger partial charge in [-0.25, -0.2) is 0 Å². The molecule has 148 valence electrons. The normalized spacial score (nSPS) is 15.4. The summed E-state index contributed by atoms with van der Waals surface area (Å²) in [5.41, 5.74) is 6.13. The van der Waals surface area contributed by atoms with Crippen LogP contribution in [-0.4, -0.2) is 20.3 Å². The number of hydrogen-bond acceptors (Lipinski definition) is 3. The fourth-order valence-corrected chi connectivity index (χ4v) is 4.16. The maximum absolute atomic E-state index is 6.17. The number of ether oxygens (including phenoxy) is 2. The maximum Gasteiger partial charge on any atom is 0.125 e. The van der Waals surface area contributed by atoms with Gasteiger partial charge in [0.05, 0.1) is 14.2 Å². The van der Waals surface area contributed by atoms with Crippen molar-refractivity contribution < 1.29 is 9.47 Å². The molecule has 1 unspecified atom stereocenters. The molecular formula is C23H32ClNO2. The summed E-state index contributed by atoms with van der Waals surface area (Å²) >= 11 is 6.17. The molecular weight excluding hydrogens is 358 g/mol. The Labute approximate surface area is 169 Å². The van der Waals surface area contributed by atoms with Crippen LogP contribution in [0.3, 0.4) is 0 Å². The van der Waals surface area contributed by atoms with Crippen LogP contribution in [-0.2, 0) is 19.4 Å². The minimum atomic E-state index is 0.424. The van der Waals surface area contributed by atoms with Gasteiger partial charge in [0.25, 0.3) is 0 Å². The Balaban J connectivity index is 0.00000126. The third kappa shape index (κ3) is 5.18. The van der Waals surface area contributed by atoms with Gasteiger partial charge in [-0.15, -0.1) is 0 Å². The van der Waals surface area contributed by atoms with E-state index in [4.69, 9.17) is 21.1 Å². The van der Waals surface area contributed by atoms with Crippen LogP contribution in [0.5, 0.6) is 11.5 Å². The number of fused-ring (bicyclic) bond motifs is 1. The van der Waals surface area contributed by atoms with Crippen LogP contribution in [0.2, 0.25) is 5.02 Å². The molecule has 0 amide bonds. The third-order valence-electron chi connectivity index (χ3n) is 4.96. The van der Waals surface area contributed by atoms with Crippen molar-refractivity contribution in [3.8, 4) is 11.5 Å². The molecule has 0 fully saturated rings. The molecule has 27 heavy (non-hydrogen) atoms. The third-order valence-corrected chi connectivity index (χ3v) is 5.17. The summed E-state index contributed by atoms with van der Waals surface area (Å²) in [6.45, 7) is 8.98. The Morgan fingerprint density at radius 2 is 1.78 bits per heavy atom. The zero-order valence-electron chi connectivity index (χ0n) is 17.4. The number of rotatable bonds is 5. The lowest BCUT2D eigenvalue weighted by Gasteiger charge is -2.29. The molecule has 0 spiro atoms. The first-order valence-electron chi connectivity index (χ1n) is 9.74. The van der Waals surface area contributed by atoms with Crippen molar-refractivity contribution in [3.63, 3.8) is 0 Å². The second-order valence-electron chi connectivity index (χ2n) is 6.84. The van der Waals surface area contributed by atoms with Crippen LogP contribution < -0.4 is 14.8 Å². The van der Waals surface area contributed by atoms with Crippen molar-refractivity contribution in [2.75, 3.05) is 14.2 Å². The maximum atomic E-state index is 6.17. The van der Waals surface area contributed by atoms with E-state index in [0.29, 0.717) is 6.04 Å². The molecule has 2 aromatic carbocycles. The molecule has 0 saturated heterocycles. The van der Waals surface area contributed by atoms with Crippen LogP contribution in [0.1, 0.15) is 48.1 Å². The Morgan fingerprint density at radius 1 is 1.04 bits per heavy atom. The highest BCUT2D eigenvalue weighted by Crippen LogP contribution is 2.38. The Hall–Kier alpha value is -1.71. The molecule has 1 atom stereocenters. The van der Waals surface area contributed by atoms with Gasteiger partial charge in [-0.2, -0.15) is 0 Å². The summed E-state index contributed by atoms with van der Waals surface area (Å²) in [6.07, 6.45) is 3.05. The van der Waals surface area contributed by atoms with Gasteiger partial charge < -0.3 is 14.8 Å². The van der Waals surface area contributed by atoms with Gasteiger partial charge in [-0.05, 0) is 68.0 Å². The van der Waals surface area contributed by atoms with Crippen molar-refractivity contribution in [1.82, 2.24) is 5.32 Å². The lowest BCUT2D eigenvalue weighted by molar-refractivity contribution is 0.374. The van der Waals surface area contributed by atoms with Crippen molar-refractivity contribution in [1.29, 1.82) is 0 Å². The lowest BCUT2D eigenvalue weighted by Crippen LogP contribution is -2.34. The minimum absolute atomic E-state index is 0.424. The van der Waals surface area contributed by atoms with Crippen molar-refractivity contribution in [3.05, 3.63) is 57.1 Å². The number of halogens is 1. The minimum Gasteiger partial charge on any atom is -0.496 e. The fourth-order valence-electron chi connectivity index (χ4n) is 3.85. The smallest absolute Gasteiger partial charge is 0.125 e. The molecule has 4 heteroatoms. The average Bonchev–Trinajstić information content (AvgIpc) is 2.66. The van der Waals surface area contributed by atoms with E-state index < -0.39 is 0 Å². The molecule has 0 aliphatic heterocycles. The van der Waals surface area contributed by atoms with Crippen LogP contribution >= 0.6 is 11.6 Å². The summed E-state index contributed by atoms with van der Waals surface area (Å²) in [5, 5.41) is 4.48.